The van der Waals surface area contributed by atoms with Crippen LogP contribution in [0.15, 0.2) is 28.8 Å². The molecule has 2 amide bonds. The van der Waals surface area contributed by atoms with E-state index in [2.05, 4.69) is 10.5 Å². The van der Waals surface area contributed by atoms with Crippen LogP contribution in [-0.2, 0) is 13.1 Å². The van der Waals surface area contributed by atoms with Crippen molar-refractivity contribution in [2.24, 2.45) is 0 Å². The first-order valence-corrected chi connectivity index (χ1v) is 7.85. The zero-order valence-corrected chi connectivity index (χ0v) is 14.7. The minimum absolute atomic E-state index is 0.0955. The lowest BCUT2D eigenvalue weighted by molar-refractivity contribution is -0.153. The minimum atomic E-state index is -4.40. The van der Waals surface area contributed by atoms with Crippen LogP contribution in [0.3, 0.4) is 0 Å². The molecule has 0 unspecified atom stereocenters. The number of amides is 2. The molecule has 0 saturated heterocycles. The van der Waals surface area contributed by atoms with Crippen molar-refractivity contribution in [2.75, 3.05) is 13.7 Å². The average molecular weight is 371 g/mol. The molecular weight excluding hydrogens is 351 g/mol. The molecule has 0 spiro atoms. The number of benzene rings is 1. The van der Waals surface area contributed by atoms with Crippen LogP contribution in [0.5, 0.6) is 5.75 Å². The Morgan fingerprint density at radius 1 is 1.35 bits per heavy atom. The van der Waals surface area contributed by atoms with E-state index in [1.165, 1.54) is 17.0 Å². The van der Waals surface area contributed by atoms with Gasteiger partial charge in [0, 0.05) is 19.2 Å². The fourth-order valence-corrected chi connectivity index (χ4v) is 2.26. The summed E-state index contributed by atoms with van der Waals surface area (Å²) >= 11 is 0. The van der Waals surface area contributed by atoms with E-state index in [0.717, 1.165) is 11.3 Å². The molecule has 9 heteroatoms. The Morgan fingerprint density at radius 3 is 2.69 bits per heavy atom. The van der Waals surface area contributed by atoms with Crippen LogP contribution >= 0.6 is 0 Å². The second-order valence-corrected chi connectivity index (χ2v) is 5.87. The third kappa shape index (κ3) is 5.68. The van der Waals surface area contributed by atoms with Gasteiger partial charge in [0.2, 0.25) is 0 Å². The van der Waals surface area contributed by atoms with E-state index in [-0.39, 0.29) is 18.3 Å². The summed E-state index contributed by atoms with van der Waals surface area (Å²) < 4.78 is 46.4. The minimum Gasteiger partial charge on any atom is -0.484 e. The first-order valence-electron chi connectivity index (χ1n) is 7.85. The van der Waals surface area contributed by atoms with E-state index in [0.29, 0.717) is 17.9 Å². The molecule has 1 N–H and O–H groups in total. The summed E-state index contributed by atoms with van der Waals surface area (Å²) in [5.41, 5.74) is 2.19. The Labute approximate surface area is 148 Å². The summed E-state index contributed by atoms with van der Waals surface area (Å²) in [4.78, 5) is 13.7. The van der Waals surface area contributed by atoms with E-state index in [9.17, 15) is 18.0 Å². The number of rotatable bonds is 6. The number of aryl methyl sites for hydroxylation is 2. The van der Waals surface area contributed by atoms with Gasteiger partial charge in [-0.05, 0) is 31.5 Å². The molecule has 2 aromatic rings. The fourth-order valence-electron chi connectivity index (χ4n) is 2.26. The van der Waals surface area contributed by atoms with Gasteiger partial charge in [-0.1, -0.05) is 17.3 Å². The molecule has 0 radical (unpaired) electrons. The number of nitrogens with one attached hydrogen (secondary N) is 1. The van der Waals surface area contributed by atoms with Crippen LogP contribution in [0.4, 0.5) is 18.0 Å². The van der Waals surface area contributed by atoms with Gasteiger partial charge in [0.1, 0.15) is 11.5 Å². The molecule has 26 heavy (non-hydrogen) atoms. The van der Waals surface area contributed by atoms with Crippen molar-refractivity contribution in [3.05, 3.63) is 46.8 Å². The molecule has 0 aliphatic heterocycles. The van der Waals surface area contributed by atoms with Crippen LogP contribution < -0.4 is 10.1 Å². The number of urea groups is 1. The van der Waals surface area contributed by atoms with Crippen molar-refractivity contribution in [2.45, 2.75) is 33.1 Å². The maximum atomic E-state index is 12.2. The lowest BCUT2D eigenvalue weighted by Crippen LogP contribution is -2.36. The largest absolute Gasteiger partial charge is 0.484 e. The SMILES string of the molecule is Cc1noc(C)c1CN(C)C(=O)NCc1cccc(OCC(F)(F)F)c1. The number of carbonyl (C=O) groups is 1. The highest BCUT2D eigenvalue weighted by Gasteiger charge is 2.28. The van der Waals surface area contributed by atoms with Crippen LogP contribution in [0.25, 0.3) is 0 Å². The van der Waals surface area contributed by atoms with Crippen molar-refractivity contribution in [3.63, 3.8) is 0 Å². The molecule has 0 aliphatic carbocycles. The van der Waals surface area contributed by atoms with Crippen molar-refractivity contribution in [1.82, 2.24) is 15.4 Å². The van der Waals surface area contributed by atoms with Crippen LogP contribution in [0.1, 0.15) is 22.6 Å². The third-order valence-corrected chi connectivity index (χ3v) is 3.67. The van der Waals surface area contributed by atoms with Gasteiger partial charge in [0.25, 0.3) is 0 Å². The van der Waals surface area contributed by atoms with E-state index >= 15 is 0 Å². The van der Waals surface area contributed by atoms with Gasteiger partial charge in [-0.15, -0.1) is 0 Å². The summed E-state index contributed by atoms with van der Waals surface area (Å²) in [6.07, 6.45) is -4.40. The molecule has 0 fully saturated rings. The molecule has 0 aliphatic rings. The number of halogens is 3. The number of alkyl halides is 3. The maximum absolute atomic E-state index is 12.2. The molecule has 0 saturated carbocycles. The Bertz CT molecular complexity index is 740. The molecule has 0 bridgehead atoms. The number of carbonyl (C=O) groups excluding carboxylic acids is 1. The monoisotopic (exact) mass is 371 g/mol. The van der Waals surface area contributed by atoms with E-state index in [1.54, 1.807) is 33.0 Å². The van der Waals surface area contributed by atoms with Crippen LogP contribution in [0.2, 0.25) is 0 Å². The second-order valence-electron chi connectivity index (χ2n) is 5.87. The average Bonchev–Trinajstić information content (AvgIpc) is 2.89. The zero-order valence-electron chi connectivity index (χ0n) is 14.7. The van der Waals surface area contributed by atoms with Gasteiger partial charge in [-0.2, -0.15) is 13.2 Å². The molecule has 1 aromatic heterocycles. The topological polar surface area (TPSA) is 67.6 Å². The summed E-state index contributed by atoms with van der Waals surface area (Å²) in [6, 6.07) is 5.82. The molecule has 0 atom stereocenters. The molecule has 1 heterocycles. The standard InChI is InChI=1S/C17H20F3N3O3/c1-11-15(12(2)26-22-11)9-23(3)16(24)21-8-13-5-4-6-14(7-13)25-10-17(18,19)20/h4-7H,8-10H2,1-3H3,(H,21,24). The van der Waals surface area contributed by atoms with E-state index < -0.39 is 12.8 Å². The van der Waals surface area contributed by atoms with Crippen molar-refractivity contribution in [3.8, 4) is 5.75 Å². The lowest BCUT2D eigenvalue weighted by Gasteiger charge is -2.18. The summed E-state index contributed by atoms with van der Waals surface area (Å²) in [5, 5.41) is 6.55. The number of hydrogen-bond acceptors (Lipinski definition) is 4. The number of ether oxygens (including phenoxy) is 1. The summed E-state index contributed by atoms with van der Waals surface area (Å²) in [6.45, 7) is 2.70. The van der Waals surface area contributed by atoms with Gasteiger partial charge in [0.15, 0.2) is 6.61 Å². The highest BCUT2D eigenvalue weighted by atomic mass is 19.4. The number of aromatic nitrogens is 1. The molecule has 2 rings (SSSR count). The van der Waals surface area contributed by atoms with Gasteiger partial charge in [-0.25, -0.2) is 4.79 Å². The maximum Gasteiger partial charge on any atom is 0.422 e. The predicted octanol–water partition coefficient (Wildman–Crippen LogP) is 3.57. The van der Waals surface area contributed by atoms with Crippen LogP contribution in [-0.4, -0.2) is 35.9 Å². The van der Waals surface area contributed by atoms with Gasteiger partial charge >= 0.3 is 12.2 Å². The van der Waals surface area contributed by atoms with Gasteiger partial charge in [-0.3, -0.25) is 0 Å². The fraction of sp³-hybridized carbons (Fsp3) is 0.412. The van der Waals surface area contributed by atoms with Crippen LogP contribution in [0, 0.1) is 13.8 Å². The van der Waals surface area contributed by atoms with Crippen molar-refractivity contribution < 1.29 is 27.2 Å². The summed E-state index contributed by atoms with van der Waals surface area (Å²) in [7, 11) is 1.63. The Morgan fingerprint density at radius 2 is 2.08 bits per heavy atom. The number of nitrogens with zero attached hydrogens (tertiary/aromatic N) is 2. The molecule has 142 valence electrons. The van der Waals surface area contributed by atoms with E-state index in [4.69, 9.17) is 9.26 Å². The quantitative estimate of drug-likeness (QED) is 0.843. The zero-order chi connectivity index (χ0) is 19.3. The number of hydrogen-bond donors (Lipinski definition) is 1. The van der Waals surface area contributed by atoms with Gasteiger partial charge in [0.05, 0.1) is 12.2 Å². The molecule has 1 aromatic carbocycles. The first kappa shape index (κ1) is 19.6. The first-order chi connectivity index (χ1) is 12.2. The Kier molecular flexibility index (Phi) is 6.12. The van der Waals surface area contributed by atoms with E-state index in [1.807, 2.05) is 0 Å². The van der Waals surface area contributed by atoms with Crippen molar-refractivity contribution >= 4 is 6.03 Å². The highest BCUT2D eigenvalue weighted by Crippen LogP contribution is 2.19. The normalized spacial score (nSPS) is 11.3. The molecular formula is C17H20F3N3O3. The smallest absolute Gasteiger partial charge is 0.422 e. The second kappa shape index (κ2) is 8.11. The lowest BCUT2D eigenvalue weighted by atomic mass is 10.2. The summed E-state index contributed by atoms with van der Waals surface area (Å²) in [5.74, 6) is 0.745. The Balaban J connectivity index is 1.88. The highest BCUT2D eigenvalue weighted by molar-refractivity contribution is 5.73. The van der Waals surface area contributed by atoms with Crippen molar-refractivity contribution in [1.29, 1.82) is 0 Å². The molecule has 6 nitrogen and oxygen atoms in total. The van der Waals surface area contributed by atoms with Gasteiger partial charge < -0.3 is 19.5 Å². The Hall–Kier alpha value is -2.71. The third-order valence-electron chi connectivity index (χ3n) is 3.67. The predicted molar refractivity (Wildman–Crippen MR) is 87.7 cm³/mol.